The van der Waals surface area contributed by atoms with E-state index in [0.29, 0.717) is 18.4 Å². The minimum Gasteiger partial charge on any atom is -0.481 e. The molecule has 0 bridgehead atoms. The maximum atomic E-state index is 14.5. The minimum absolute atomic E-state index is 0.133. The van der Waals surface area contributed by atoms with E-state index in [1.807, 2.05) is 18.3 Å². The smallest absolute Gasteiger partial charge is 0.336 e. The van der Waals surface area contributed by atoms with Crippen LogP contribution in [0.4, 0.5) is 4.39 Å². The summed E-state index contributed by atoms with van der Waals surface area (Å²) in [6, 6.07) is 10.9. The Hall–Kier alpha value is -4.14. The van der Waals surface area contributed by atoms with Gasteiger partial charge in [-0.25, -0.2) is 9.18 Å². The molecule has 220 valence electrons. The van der Waals surface area contributed by atoms with Crippen LogP contribution in [0.2, 0.25) is 0 Å². The summed E-state index contributed by atoms with van der Waals surface area (Å²) in [5.74, 6) is -5.42. The summed E-state index contributed by atoms with van der Waals surface area (Å²) < 4.78 is 14.5. The van der Waals surface area contributed by atoms with Crippen molar-refractivity contribution in [3.05, 3.63) is 64.9 Å². The molecule has 3 heterocycles. The molecule has 1 saturated heterocycles. The van der Waals surface area contributed by atoms with Gasteiger partial charge in [0, 0.05) is 37.7 Å². The van der Waals surface area contributed by atoms with Crippen LogP contribution in [0.1, 0.15) is 43.7 Å². The van der Waals surface area contributed by atoms with Crippen LogP contribution in [0.5, 0.6) is 0 Å². The van der Waals surface area contributed by atoms with Crippen molar-refractivity contribution in [1.82, 2.24) is 20.4 Å². The molecule has 1 fully saturated rings. The highest BCUT2D eigenvalue weighted by Gasteiger charge is 2.41. The van der Waals surface area contributed by atoms with E-state index >= 15 is 0 Å². The molecule has 12 nitrogen and oxygen atoms in total. The molecule has 4 rings (SSSR count). The lowest BCUT2D eigenvalue weighted by atomic mass is 9.80. The molecule has 0 saturated carbocycles. The monoisotopic (exact) mass is 590 g/mol. The van der Waals surface area contributed by atoms with Crippen molar-refractivity contribution in [2.45, 2.75) is 50.3 Å². The lowest BCUT2D eigenvalue weighted by molar-refractivity contribution is -0.170. The molecular weight excluding hydrogens is 559 g/mol. The minimum atomic E-state index is -2.74. The van der Waals surface area contributed by atoms with Gasteiger partial charge in [-0.1, -0.05) is 24.3 Å². The molecule has 1 amide bonds. The zero-order valence-corrected chi connectivity index (χ0v) is 23.0. The lowest BCUT2D eigenvalue weighted by Crippen LogP contribution is -2.52. The summed E-state index contributed by atoms with van der Waals surface area (Å²) in [6.45, 7) is 3.80. The third-order valence-corrected chi connectivity index (χ3v) is 7.57. The third kappa shape index (κ3) is 8.19. The topological polar surface area (TPSA) is 193 Å². The van der Waals surface area contributed by atoms with Crippen LogP contribution in [-0.4, -0.2) is 78.0 Å². The molecule has 0 atom stereocenters. The normalized spacial score (nSPS) is 14.9. The Labute approximate surface area is 238 Å². The van der Waals surface area contributed by atoms with E-state index in [1.54, 1.807) is 23.5 Å². The Kier molecular flexibility index (Phi) is 10.3. The fourth-order valence-corrected chi connectivity index (χ4v) is 5.52. The largest absolute Gasteiger partial charge is 0.481 e. The first-order chi connectivity index (χ1) is 19.3. The van der Waals surface area contributed by atoms with Crippen molar-refractivity contribution in [3.63, 3.8) is 0 Å². The fraction of sp³-hybridized carbons (Fsp3) is 0.370. The zero-order chi connectivity index (χ0) is 30.2. The molecule has 14 heteroatoms. The lowest BCUT2D eigenvalue weighted by Gasteiger charge is -2.42. The number of aliphatic carboxylic acids is 3. The van der Waals surface area contributed by atoms with Gasteiger partial charge in [0.15, 0.2) is 5.60 Å². The number of hydrogen-bond donors (Lipinski definition) is 6. The molecule has 2 aromatic heterocycles. The Bertz CT molecular complexity index is 1350. The first kappa shape index (κ1) is 31.4. The number of nitrogens with zero attached hydrogens (tertiary/aromatic N) is 2. The summed E-state index contributed by atoms with van der Waals surface area (Å²) >= 11 is 1.68. The predicted octanol–water partition coefficient (Wildman–Crippen LogP) is 2.66. The SMILES string of the molecule is CC(=O)NC1(c2ccccc2F)CCN(Cc2cn[nH]c2-c2cccs2)CC1.O=C(O)CC(O)(CC(=O)O)C(=O)O. The maximum absolute atomic E-state index is 14.5. The van der Waals surface area contributed by atoms with E-state index < -0.39 is 41.9 Å². The third-order valence-electron chi connectivity index (χ3n) is 6.68. The molecular formula is C27H31FN4O8S. The Balaban J connectivity index is 0.000000302. The zero-order valence-electron chi connectivity index (χ0n) is 22.2. The van der Waals surface area contributed by atoms with Gasteiger partial charge in [-0.3, -0.25) is 24.4 Å². The predicted molar refractivity (Wildman–Crippen MR) is 145 cm³/mol. The van der Waals surface area contributed by atoms with Crippen molar-refractivity contribution >= 4 is 35.2 Å². The average Bonchev–Trinajstić information content (AvgIpc) is 3.57. The highest BCUT2D eigenvalue weighted by Crippen LogP contribution is 2.36. The Morgan fingerprint density at radius 1 is 1.07 bits per heavy atom. The van der Waals surface area contributed by atoms with Gasteiger partial charge in [0.25, 0.3) is 0 Å². The number of carbonyl (C=O) groups excluding carboxylic acids is 1. The number of piperidine rings is 1. The van der Waals surface area contributed by atoms with Crippen LogP contribution < -0.4 is 5.32 Å². The molecule has 0 unspecified atom stereocenters. The standard InChI is InChI=1S/C21H23FN4OS.C6H8O7/c1-15(27)24-21(17-5-2-3-6-18(17)22)8-10-26(11-9-21)14-16-13-23-25-20(16)19-7-4-12-28-19;7-3(8)1-6(13,5(11)12)2-4(9)10/h2-7,12-13H,8-11,14H2,1H3,(H,23,25)(H,24,27);13H,1-2H2,(H,7,8)(H,9,10)(H,11,12). The van der Waals surface area contributed by atoms with Crippen molar-refractivity contribution < 1.29 is 44.0 Å². The van der Waals surface area contributed by atoms with Gasteiger partial charge in [0.2, 0.25) is 5.91 Å². The van der Waals surface area contributed by atoms with Crippen LogP contribution in [0, 0.1) is 5.82 Å². The number of carboxylic acid groups (broad SMARTS) is 3. The van der Waals surface area contributed by atoms with Crippen molar-refractivity contribution in [1.29, 1.82) is 0 Å². The van der Waals surface area contributed by atoms with Gasteiger partial charge in [-0.2, -0.15) is 5.10 Å². The Morgan fingerprint density at radius 2 is 1.71 bits per heavy atom. The number of halogens is 1. The quantitative estimate of drug-likeness (QED) is 0.204. The van der Waals surface area contributed by atoms with Crippen LogP contribution >= 0.6 is 11.3 Å². The maximum Gasteiger partial charge on any atom is 0.336 e. The van der Waals surface area contributed by atoms with E-state index in [1.165, 1.54) is 17.9 Å². The molecule has 0 spiro atoms. The highest BCUT2D eigenvalue weighted by molar-refractivity contribution is 7.13. The summed E-state index contributed by atoms with van der Waals surface area (Å²) in [6.07, 6.45) is 0.921. The number of aromatic amines is 1. The summed E-state index contributed by atoms with van der Waals surface area (Å²) in [4.78, 5) is 45.8. The van der Waals surface area contributed by atoms with Gasteiger partial charge in [0.1, 0.15) is 5.82 Å². The molecule has 3 aromatic rings. The first-order valence-electron chi connectivity index (χ1n) is 12.6. The van der Waals surface area contributed by atoms with Crippen LogP contribution in [0.3, 0.4) is 0 Å². The number of nitrogens with one attached hydrogen (secondary N) is 2. The molecule has 41 heavy (non-hydrogen) atoms. The number of carboxylic acids is 3. The van der Waals surface area contributed by atoms with Gasteiger partial charge < -0.3 is 25.7 Å². The van der Waals surface area contributed by atoms with Crippen LogP contribution in [-0.2, 0) is 31.3 Å². The summed E-state index contributed by atoms with van der Waals surface area (Å²) in [7, 11) is 0. The fourth-order valence-electron chi connectivity index (χ4n) is 4.76. The van der Waals surface area contributed by atoms with Crippen LogP contribution in [0.15, 0.2) is 48.0 Å². The van der Waals surface area contributed by atoms with Crippen LogP contribution in [0.25, 0.3) is 10.6 Å². The molecule has 6 N–H and O–H groups in total. The van der Waals surface area contributed by atoms with Gasteiger partial charge >= 0.3 is 17.9 Å². The number of aromatic nitrogens is 2. The second kappa shape index (κ2) is 13.5. The number of likely N-dealkylation sites (tertiary alicyclic amines) is 1. The number of aliphatic hydroxyl groups is 1. The number of hydrogen-bond acceptors (Lipinski definition) is 8. The molecule has 1 aromatic carbocycles. The number of carbonyl (C=O) groups is 4. The van der Waals surface area contributed by atoms with E-state index in [-0.39, 0.29) is 11.7 Å². The van der Waals surface area contributed by atoms with E-state index in [0.717, 1.165) is 30.9 Å². The second-order valence-corrected chi connectivity index (χ2v) is 10.7. The first-order valence-corrected chi connectivity index (χ1v) is 13.4. The Morgan fingerprint density at radius 3 is 2.22 bits per heavy atom. The molecule has 0 aliphatic carbocycles. The van der Waals surface area contributed by atoms with Crippen molar-refractivity contribution in [2.24, 2.45) is 0 Å². The average molecular weight is 591 g/mol. The van der Waals surface area contributed by atoms with E-state index in [4.69, 9.17) is 20.4 Å². The number of benzene rings is 1. The molecule has 0 radical (unpaired) electrons. The van der Waals surface area contributed by atoms with Gasteiger partial charge in [0.05, 0.1) is 35.1 Å². The molecule has 1 aliphatic rings. The number of amides is 1. The number of rotatable bonds is 10. The summed E-state index contributed by atoms with van der Waals surface area (Å²) in [5, 5.41) is 46.2. The van der Waals surface area contributed by atoms with Gasteiger partial charge in [-0.15, -0.1) is 11.3 Å². The second-order valence-electron chi connectivity index (χ2n) is 9.74. The van der Waals surface area contributed by atoms with Crippen molar-refractivity contribution in [3.8, 4) is 10.6 Å². The molecule has 1 aliphatic heterocycles. The number of thiophene rings is 1. The van der Waals surface area contributed by atoms with Crippen molar-refractivity contribution in [2.75, 3.05) is 13.1 Å². The van der Waals surface area contributed by atoms with E-state index in [9.17, 15) is 23.6 Å². The van der Waals surface area contributed by atoms with E-state index in [2.05, 4.69) is 31.9 Å². The number of H-pyrrole nitrogens is 1. The summed E-state index contributed by atoms with van der Waals surface area (Å²) in [5.41, 5.74) is -0.603. The highest BCUT2D eigenvalue weighted by atomic mass is 32.1. The van der Waals surface area contributed by atoms with Gasteiger partial charge in [-0.05, 0) is 30.4 Å².